The molecule has 24 nitrogen and oxygen atoms in total. The number of carbonyl (C=O) groups is 7. The first-order chi connectivity index (χ1) is 32.4. The van der Waals surface area contributed by atoms with Crippen molar-refractivity contribution in [3.05, 3.63) is 75.3 Å². The van der Waals surface area contributed by atoms with E-state index in [0.717, 1.165) is 52.3 Å². The largest absolute Gasteiger partial charge is 0.514 e. The summed E-state index contributed by atoms with van der Waals surface area (Å²) in [5.74, 6) is -7.12. The average Bonchev–Trinajstić information content (AvgIpc) is 3.73. The molecule has 0 bridgehead atoms. The van der Waals surface area contributed by atoms with E-state index in [1.54, 1.807) is 0 Å². The van der Waals surface area contributed by atoms with Crippen molar-refractivity contribution in [2.24, 2.45) is 0 Å². The number of fused-ring (bicyclic) bond motifs is 2. The number of tetrazole rings is 1. The number of β-lactam (4-membered cyclic amide) rings is 1. The lowest BCUT2D eigenvalue weighted by Gasteiger charge is -2.56. The molecule has 3 atom stereocenters. The molecule has 3 amide bonds. The minimum absolute atomic E-state index is 0.00227. The van der Waals surface area contributed by atoms with E-state index in [1.165, 1.54) is 31.4 Å². The molecular weight excluding hydrogens is 1090 g/mol. The molecule has 0 spiro atoms. The molecule has 2 aromatic carbocycles. The number of nitrogens with one attached hydrogen (secondary N) is 2. The van der Waals surface area contributed by atoms with Gasteiger partial charge in [-0.05, 0) is 39.8 Å². The predicted octanol–water partition coefficient (Wildman–Crippen LogP) is 4.41. The number of aromatic hydroxyl groups is 1. The molecule has 69 heavy (non-hydrogen) atoms. The predicted molar refractivity (Wildman–Crippen MR) is 242 cm³/mol. The van der Waals surface area contributed by atoms with E-state index < -0.39 is 113 Å². The Bertz CT molecular complexity index is 2810. The zero-order chi connectivity index (χ0) is 50.6. The van der Waals surface area contributed by atoms with Crippen molar-refractivity contribution < 1.29 is 76.6 Å². The molecule has 0 saturated carbocycles. The van der Waals surface area contributed by atoms with Crippen LogP contribution in [0.25, 0.3) is 11.0 Å². The van der Waals surface area contributed by atoms with Crippen LogP contribution in [0.15, 0.2) is 68.3 Å². The normalized spacial score (nSPS) is 17.2. The number of alkyl halides is 6. The highest BCUT2D eigenvalue weighted by Gasteiger charge is 2.67. The summed E-state index contributed by atoms with van der Waals surface area (Å²) < 4.78 is 32.4. The number of hydrogen-bond donors (Lipinski definition) is 4. The number of thioether (sulfide) groups is 2. The SMILES string of the molecule is COC(=O)Cn1nnnc1SCC1=C(C(=O)O)N2C(=O)[C@](NC(=O)C(NC(=O)c3coc4cc(OC(=O)OCC(Cl)(Cl)Cl)c(OC(=O)OCC(Cl)(Cl)Cl)cc4c3=O)c3ccc(O)cc3)(OC)[C@@H]2SC1. The van der Waals surface area contributed by atoms with Crippen molar-refractivity contribution in [2.45, 2.75) is 36.4 Å². The third-order valence-electron chi connectivity index (χ3n) is 9.27. The second-order valence-corrected chi connectivity index (χ2v) is 20.8. The quantitative estimate of drug-likeness (QED) is 0.0230. The van der Waals surface area contributed by atoms with Crippen molar-refractivity contribution in [1.82, 2.24) is 35.7 Å². The van der Waals surface area contributed by atoms with E-state index in [1.807, 2.05) is 0 Å². The lowest BCUT2D eigenvalue weighted by Crippen LogP contribution is -2.81. The van der Waals surface area contributed by atoms with Gasteiger partial charge in [0, 0.05) is 24.7 Å². The fourth-order valence-corrected chi connectivity index (χ4v) is 8.98. The number of carboxylic acids is 1. The average molecular weight is 1120 g/mol. The number of esters is 1. The third-order valence-corrected chi connectivity index (χ3v) is 12.3. The van der Waals surface area contributed by atoms with Gasteiger partial charge in [0.2, 0.25) is 24.1 Å². The second kappa shape index (κ2) is 21.7. The molecule has 2 aliphatic heterocycles. The van der Waals surface area contributed by atoms with Crippen molar-refractivity contribution in [3.8, 4) is 17.2 Å². The van der Waals surface area contributed by atoms with Gasteiger partial charge in [-0.2, -0.15) is 0 Å². The Morgan fingerprint density at radius 1 is 0.971 bits per heavy atom. The number of carboxylic acid groups (broad SMARTS) is 1. The van der Waals surface area contributed by atoms with Crippen LogP contribution in [0, 0.1) is 0 Å². The van der Waals surface area contributed by atoms with Crippen LogP contribution in [0.1, 0.15) is 22.0 Å². The van der Waals surface area contributed by atoms with Crippen LogP contribution in [-0.2, 0) is 44.7 Å². The van der Waals surface area contributed by atoms with E-state index in [2.05, 4.69) is 30.9 Å². The highest BCUT2D eigenvalue weighted by molar-refractivity contribution is 8.01. The molecule has 32 heteroatoms. The summed E-state index contributed by atoms with van der Waals surface area (Å²) in [6, 6.07) is 4.77. The number of amides is 3. The van der Waals surface area contributed by atoms with Gasteiger partial charge in [-0.25, -0.2) is 19.1 Å². The van der Waals surface area contributed by atoms with E-state index in [-0.39, 0.29) is 45.7 Å². The summed E-state index contributed by atoms with van der Waals surface area (Å²) in [5.41, 5.74) is -4.59. The minimum Gasteiger partial charge on any atom is -0.508 e. The number of carbonyl (C=O) groups excluding carboxylic acids is 6. The summed E-state index contributed by atoms with van der Waals surface area (Å²) >= 11 is 35.8. The van der Waals surface area contributed by atoms with E-state index in [0.29, 0.717) is 6.26 Å². The molecular formula is C37H29Cl6N7O17S2. The van der Waals surface area contributed by atoms with Gasteiger partial charge in [-0.1, -0.05) is 93.5 Å². The molecule has 1 unspecified atom stereocenters. The fraction of sp³-hybridized carbons (Fsp3) is 0.324. The number of ether oxygens (including phenoxy) is 6. The smallest absolute Gasteiger partial charge is 0.508 e. The Morgan fingerprint density at radius 2 is 1.59 bits per heavy atom. The number of aromatic nitrogens is 4. The van der Waals surface area contributed by atoms with E-state index >= 15 is 0 Å². The van der Waals surface area contributed by atoms with Gasteiger partial charge in [0.15, 0.2) is 11.5 Å². The third kappa shape index (κ3) is 12.5. The molecule has 4 N–H and O–H groups in total. The lowest BCUT2D eigenvalue weighted by atomic mass is 9.96. The number of rotatable bonds is 16. The maximum atomic E-state index is 14.3. The van der Waals surface area contributed by atoms with Crippen molar-refractivity contribution in [3.63, 3.8) is 0 Å². The number of nitrogens with zero attached hydrogens (tertiary/aromatic N) is 5. The summed E-state index contributed by atoms with van der Waals surface area (Å²) in [6.07, 6.45) is -2.33. The Labute approximate surface area is 423 Å². The van der Waals surface area contributed by atoms with Gasteiger partial charge in [-0.3, -0.25) is 28.9 Å². The Morgan fingerprint density at radius 3 is 2.17 bits per heavy atom. The number of benzene rings is 2. The highest BCUT2D eigenvalue weighted by atomic mass is 35.6. The van der Waals surface area contributed by atoms with Crippen LogP contribution in [0.5, 0.6) is 17.2 Å². The van der Waals surface area contributed by atoms with Gasteiger partial charge in [0.25, 0.3) is 17.5 Å². The highest BCUT2D eigenvalue weighted by Crippen LogP contribution is 2.47. The Balaban J connectivity index is 1.27. The number of halogens is 6. The molecule has 368 valence electrons. The molecule has 2 aromatic heterocycles. The zero-order valence-electron chi connectivity index (χ0n) is 34.6. The van der Waals surface area contributed by atoms with Crippen LogP contribution in [-0.4, -0.2) is 135 Å². The Kier molecular flexibility index (Phi) is 16.6. The van der Waals surface area contributed by atoms with E-state index in [9.17, 15) is 48.6 Å². The molecule has 4 aromatic rings. The molecule has 0 radical (unpaired) electrons. The number of methoxy groups -OCH3 is 2. The van der Waals surface area contributed by atoms with Gasteiger partial charge in [0.05, 0.1) is 12.5 Å². The van der Waals surface area contributed by atoms with Crippen LogP contribution >= 0.6 is 93.1 Å². The van der Waals surface area contributed by atoms with Gasteiger partial charge < -0.3 is 53.7 Å². The number of hydrogen-bond acceptors (Lipinski definition) is 21. The molecule has 0 aliphatic carbocycles. The zero-order valence-corrected chi connectivity index (χ0v) is 40.7. The molecule has 2 aliphatic rings. The van der Waals surface area contributed by atoms with Gasteiger partial charge in [0.1, 0.15) is 60.0 Å². The fourth-order valence-electron chi connectivity index (χ4n) is 6.20. The minimum atomic E-state index is -2.21. The molecule has 4 heterocycles. The number of phenols is 1. The molecule has 1 saturated heterocycles. The van der Waals surface area contributed by atoms with Crippen LogP contribution in [0.4, 0.5) is 9.59 Å². The van der Waals surface area contributed by atoms with Gasteiger partial charge in [-0.15, -0.1) is 16.9 Å². The maximum absolute atomic E-state index is 14.3. The first kappa shape index (κ1) is 52.9. The van der Waals surface area contributed by atoms with Crippen LogP contribution < -0.4 is 25.5 Å². The van der Waals surface area contributed by atoms with Crippen molar-refractivity contribution in [1.29, 1.82) is 0 Å². The van der Waals surface area contributed by atoms with Gasteiger partial charge >= 0.3 is 24.2 Å². The first-order valence-electron chi connectivity index (χ1n) is 18.7. The summed E-state index contributed by atoms with van der Waals surface area (Å²) in [5, 5.41) is 34.8. The number of aliphatic carboxylic acids is 1. The summed E-state index contributed by atoms with van der Waals surface area (Å²) in [7, 11) is 2.26. The monoisotopic (exact) mass is 1120 g/mol. The number of phenolic OH excluding ortho intramolecular Hbond substituents is 1. The standard InChI is InChI=1S/C37H29Cl6N7O17S2/c1-61-23(52)9-49-32(46-47-48-49)69-12-16-11-68-31-37(62-2,30(58)50(31)25(16)29(56)57)45-28(55)24(15-3-5-17(51)6-4-15)44-27(54)19-10-63-20-8-22(67-34(60)65-14-36(41,42)43)21(7-18(20)26(19)53)66-33(59)64-13-35(38,39)40/h3-8,10,24,31,51H,9,11-14H2,1-2H3,(H,44,54)(H,45,55)(H,56,57)/t24?,31-,37-/m0/s1. The van der Waals surface area contributed by atoms with Crippen molar-refractivity contribution >= 4 is 146 Å². The van der Waals surface area contributed by atoms with Crippen molar-refractivity contribution in [2.75, 3.05) is 38.9 Å². The molecule has 1 fully saturated rings. The maximum Gasteiger partial charge on any atom is 0.514 e. The molecule has 6 rings (SSSR count). The lowest BCUT2D eigenvalue weighted by molar-refractivity contribution is -0.192. The van der Waals surface area contributed by atoms with Crippen LogP contribution in [0.3, 0.4) is 0 Å². The van der Waals surface area contributed by atoms with Crippen LogP contribution in [0.2, 0.25) is 0 Å². The summed E-state index contributed by atoms with van der Waals surface area (Å²) in [4.78, 5) is 107. The topological polar surface area (TPSA) is 316 Å². The first-order valence-corrected chi connectivity index (χ1v) is 23.0. The Hall–Kier alpha value is -5.45. The van der Waals surface area contributed by atoms with E-state index in [4.69, 9.17) is 97.7 Å². The summed E-state index contributed by atoms with van der Waals surface area (Å²) in [6.45, 7) is -1.94. The second-order valence-electron chi connectivity index (χ2n) is 13.8.